The van der Waals surface area contributed by atoms with E-state index in [1.165, 1.54) is 0 Å². The number of unbranched alkanes of at least 4 members (excludes halogenated alkanes) is 3. The van der Waals surface area contributed by atoms with Gasteiger partial charge in [-0.15, -0.1) is 0 Å². The maximum absolute atomic E-state index is 10.4. The van der Waals surface area contributed by atoms with Gasteiger partial charge in [-0.05, 0) is 31.8 Å². The van der Waals surface area contributed by atoms with Crippen LogP contribution in [0, 0.1) is 0 Å². The van der Waals surface area contributed by atoms with Gasteiger partial charge in [0, 0.05) is 11.5 Å². The first-order chi connectivity index (χ1) is 7.18. The predicted molar refractivity (Wildman–Crippen MR) is 57.6 cm³/mol. The van der Waals surface area contributed by atoms with E-state index in [0.717, 1.165) is 32.2 Å². The first-order valence-corrected chi connectivity index (χ1v) is 5.15. The molecule has 0 unspecified atom stereocenters. The van der Waals surface area contributed by atoms with Crippen LogP contribution in [0.25, 0.3) is 10.4 Å². The van der Waals surface area contributed by atoms with Gasteiger partial charge in [0.05, 0.1) is 0 Å². The van der Waals surface area contributed by atoms with Crippen LogP contribution in [0.4, 0.5) is 0 Å². The van der Waals surface area contributed by atoms with Gasteiger partial charge in [-0.3, -0.25) is 4.79 Å². The highest BCUT2D eigenvalue weighted by atomic mass is 16.4. The molecular weight excluding hydrogens is 196 g/mol. The summed E-state index contributed by atoms with van der Waals surface area (Å²) in [5.41, 5.74) is 8.01. The van der Waals surface area contributed by atoms with Crippen molar-refractivity contribution in [2.45, 2.75) is 38.6 Å². The van der Waals surface area contributed by atoms with Crippen LogP contribution in [0.3, 0.4) is 0 Å². The number of rotatable bonds is 9. The molecule has 15 heavy (non-hydrogen) atoms. The third kappa shape index (κ3) is 9.05. The van der Waals surface area contributed by atoms with Crippen molar-refractivity contribution < 1.29 is 9.90 Å². The number of nitrogens with zero attached hydrogens (tertiary/aromatic N) is 3. The molecule has 0 amide bonds. The monoisotopic (exact) mass is 214 g/mol. The summed E-state index contributed by atoms with van der Waals surface area (Å²) in [6.07, 6.45) is 3.90. The minimum absolute atomic E-state index is 0.479. The van der Waals surface area contributed by atoms with E-state index in [2.05, 4.69) is 15.3 Å². The van der Waals surface area contributed by atoms with Gasteiger partial charge in [0.2, 0.25) is 0 Å². The summed E-state index contributed by atoms with van der Waals surface area (Å²) in [7, 11) is 0. The maximum Gasteiger partial charge on any atom is 0.320 e. The Balaban J connectivity index is 3.18. The molecule has 0 saturated heterocycles. The van der Waals surface area contributed by atoms with Gasteiger partial charge < -0.3 is 10.4 Å². The molecule has 6 heteroatoms. The molecule has 0 aromatic heterocycles. The Labute approximate surface area is 89.3 Å². The van der Waals surface area contributed by atoms with Gasteiger partial charge in [0.15, 0.2) is 0 Å². The molecule has 0 spiro atoms. The van der Waals surface area contributed by atoms with Crippen molar-refractivity contribution in [3.05, 3.63) is 10.4 Å². The first kappa shape index (κ1) is 13.7. The Bertz CT molecular complexity index is 226. The van der Waals surface area contributed by atoms with E-state index in [4.69, 9.17) is 10.6 Å². The zero-order valence-corrected chi connectivity index (χ0v) is 9.02. The lowest BCUT2D eigenvalue weighted by atomic mass is 10.2. The normalized spacial score (nSPS) is 11.8. The summed E-state index contributed by atoms with van der Waals surface area (Å²) in [5.74, 6) is -0.821. The van der Waals surface area contributed by atoms with Gasteiger partial charge in [-0.1, -0.05) is 18.0 Å². The van der Waals surface area contributed by atoms with Crippen LogP contribution < -0.4 is 5.32 Å². The summed E-state index contributed by atoms with van der Waals surface area (Å²) >= 11 is 0. The average molecular weight is 214 g/mol. The zero-order valence-electron chi connectivity index (χ0n) is 9.02. The second-order valence-electron chi connectivity index (χ2n) is 3.38. The molecule has 0 aliphatic carbocycles. The SMILES string of the molecule is C[C@H](NCCCCCCN=[N+]=[N-])C(=O)O. The fourth-order valence-electron chi connectivity index (χ4n) is 1.11. The standard InChI is InChI=1S/C9H18N4O2/c1-8(9(14)15)11-6-4-2-3-5-7-12-13-10/h8,11H,2-7H2,1H3,(H,14,15)/t8-/m0/s1. The van der Waals surface area contributed by atoms with Crippen LogP contribution in [0.1, 0.15) is 32.6 Å². The third-order valence-electron chi connectivity index (χ3n) is 2.07. The Morgan fingerprint density at radius 2 is 2.13 bits per heavy atom. The minimum atomic E-state index is -0.821. The number of carbonyl (C=O) groups is 1. The Hall–Kier alpha value is -1.26. The molecule has 0 rings (SSSR count). The molecule has 0 radical (unpaired) electrons. The average Bonchev–Trinajstić information content (AvgIpc) is 2.21. The third-order valence-corrected chi connectivity index (χ3v) is 2.07. The molecule has 0 heterocycles. The second-order valence-corrected chi connectivity index (χ2v) is 3.38. The van der Waals surface area contributed by atoms with Crippen LogP contribution in [0.2, 0.25) is 0 Å². The van der Waals surface area contributed by atoms with Crippen LogP contribution in [-0.4, -0.2) is 30.2 Å². The molecule has 1 atom stereocenters. The molecule has 6 nitrogen and oxygen atoms in total. The topological polar surface area (TPSA) is 98.1 Å². The van der Waals surface area contributed by atoms with Crippen LogP contribution in [0.15, 0.2) is 5.11 Å². The lowest BCUT2D eigenvalue weighted by molar-refractivity contribution is -0.138. The smallest absolute Gasteiger partial charge is 0.320 e. The highest BCUT2D eigenvalue weighted by Crippen LogP contribution is 1.99. The van der Waals surface area contributed by atoms with E-state index in [9.17, 15) is 4.79 Å². The van der Waals surface area contributed by atoms with Crippen molar-refractivity contribution in [2.75, 3.05) is 13.1 Å². The molecular formula is C9H18N4O2. The van der Waals surface area contributed by atoms with E-state index < -0.39 is 12.0 Å². The van der Waals surface area contributed by atoms with Crippen molar-refractivity contribution in [1.82, 2.24) is 5.32 Å². The molecule has 0 aromatic carbocycles. The van der Waals surface area contributed by atoms with E-state index in [-0.39, 0.29) is 0 Å². The molecule has 0 aliphatic rings. The van der Waals surface area contributed by atoms with Gasteiger partial charge in [0.1, 0.15) is 6.04 Å². The van der Waals surface area contributed by atoms with Gasteiger partial charge in [-0.25, -0.2) is 0 Å². The van der Waals surface area contributed by atoms with Crippen molar-refractivity contribution in [3.63, 3.8) is 0 Å². The molecule has 0 bridgehead atoms. The van der Waals surface area contributed by atoms with Gasteiger partial charge >= 0.3 is 5.97 Å². The minimum Gasteiger partial charge on any atom is -0.480 e. The number of carboxylic acids is 1. The highest BCUT2D eigenvalue weighted by molar-refractivity contribution is 5.72. The number of carboxylic acid groups (broad SMARTS) is 1. The lowest BCUT2D eigenvalue weighted by Gasteiger charge is -2.08. The summed E-state index contributed by atoms with van der Waals surface area (Å²) < 4.78 is 0. The Kier molecular flexibility index (Phi) is 8.52. The molecule has 2 N–H and O–H groups in total. The maximum atomic E-state index is 10.4. The van der Waals surface area contributed by atoms with E-state index in [1.54, 1.807) is 6.92 Å². The first-order valence-electron chi connectivity index (χ1n) is 5.15. The quantitative estimate of drug-likeness (QED) is 0.265. The van der Waals surface area contributed by atoms with Gasteiger partial charge in [0.25, 0.3) is 0 Å². The fraction of sp³-hybridized carbons (Fsp3) is 0.889. The number of azide groups is 1. The summed E-state index contributed by atoms with van der Waals surface area (Å²) in [6.45, 7) is 2.90. The number of hydrogen-bond acceptors (Lipinski definition) is 3. The van der Waals surface area contributed by atoms with Crippen LogP contribution >= 0.6 is 0 Å². The summed E-state index contributed by atoms with van der Waals surface area (Å²) in [6, 6.07) is -0.479. The van der Waals surface area contributed by atoms with Crippen molar-refractivity contribution in [3.8, 4) is 0 Å². The summed E-state index contributed by atoms with van der Waals surface area (Å²) in [5, 5.41) is 14.9. The summed E-state index contributed by atoms with van der Waals surface area (Å²) in [4.78, 5) is 13.1. The lowest BCUT2D eigenvalue weighted by Crippen LogP contribution is -2.34. The van der Waals surface area contributed by atoms with Crippen molar-refractivity contribution >= 4 is 5.97 Å². The number of nitrogens with one attached hydrogen (secondary N) is 1. The Morgan fingerprint density at radius 1 is 1.47 bits per heavy atom. The predicted octanol–water partition coefficient (Wildman–Crippen LogP) is 1.92. The second kappa shape index (κ2) is 9.30. The molecule has 0 fully saturated rings. The largest absolute Gasteiger partial charge is 0.480 e. The van der Waals surface area contributed by atoms with Crippen LogP contribution in [-0.2, 0) is 4.79 Å². The van der Waals surface area contributed by atoms with E-state index in [0.29, 0.717) is 6.54 Å². The zero-order chi connectivity index (χ0) is 11.5. The van der Waals surface area contributed by atoms with Crippen LogP contribution in [0.5, 0.6) is 0 Å². The number of hydrogen-bond donors (Lipinski definition) is 2. The van der Waals surface area contributed by atoms with Gasteiger partial charge in [-0.2, -0.15) is 0 Å². The molecule has 0 saturated carbocycles. The molecule has 0 aliphatic heterocycles. The van der Waals surface area contributed by atoms with Crippen molar-refractivity contribution in [2.24, 2.45) is 5.11 Å². The number of aliphatic carboxylic acids is 1. The molecule has 0 aromatic rings. The van der Waals surface area contributed by atoms with E-state index >= 15 is 0 Å². The Morgan fingerprint density at radius 3 is 2.73 bits per heavy atom. The fourth-order valence-corrected chi connectivity index (χ4v) is 1.11. The highest BCUT2D eigenvalue weighted by Gasteiger charge is 2.07. The van der Waals surface area contributed by atoms with Crippen molar-refractivity contribution in [1.29, 1.82) is 0 Å². The van der Waals surface area contributed by atoms with E-state index in [1.807, 2.05) is 0 Å². The molecule has 86 valence electrons.